The fourth-order valence-electron chi connectivity index (χ4n) is 3.16. The number of aromatic amines is 1. The van der Waals surface area contributed by atoms with E-state index in [2.05, 4.69) is 19.8 Å². The Kier molecular flexibility index (Phi) is 5.65. The second-order valence-electron chi connectivity index (χ2n) is 6.42. The van der Waals surface area contributed by atoms with Crippen molar-refractivity contribution in [3.63, 3.8) is 0 Å². The molecule has 2 heterocycles. The van der Waals surface area contributed by atoms with E-state index in [4.69, 9.17) is 0 Å². The van der Waals surface area contributed by atoms with Crippen molar-refractivity contribution in [2.75, 3.05) is 19.6 Å². The lowest BCUT2D eigenvalue weighted by Gasteiger charge is -2.32. The van der Waals surface area contributed by atoms with Gasteiger partial charge in [-0.05, 0) is 36.9 Å². The summed E-state index contributed by atoms with van der Waals surface area (Å²) in [5.74, 6) is 0.394. The standard InChI is InChI=1S/C17H24N4O2S/c22-24(23,14-15-5-2-1-3-6-15)19-11-16-7-4-10-21(12-16)13-17-8-9-18-20-17/h1-3,5-6,8-9,16,19H,4,7,10-14H2,(H,18,20). The molecule has 0 saturated carbocycles. The zero-order chi connectivity index (χ0) is 16.8. The summed E-state index contributed by atoms with van der Waals surface area (Å²) in [6, 6.07) is 11.3. The predicted molar refractivity (Wildman–Crippen MR) is 93.7 cm³/mol. The lowest BCUT2D eigenvalue weighted by molar-refractivity contribution is 0.167. The number of nitrogens with one attached hydrogen (secondary N) is 2. The number of H-pyrrole nitrogens is 1. The Bertz CT molecular complexity index is 716. The lowest BCUT2D eigenvalue weighted by atomic mass is 9.98. The summed E-state index contributed by atoms with van der Waals surface area (Å²) >= 11 is 0. The summed E-state index contributed by atoms with van der Waals surface area (Å²) in [7, 11) is -3.29. The Hall–Kier alpha value is -1.70. The van der Waals surface area contributed by atoms with Gasteiger partial charge in [0.15, 0.2) is 0 Å². The maximum Gasteiger partial charge on any atom is 0.215 e. The summed E-state index contributed by atoms with van der Waals surface area (Å²) in [6.45, 7) is 3.31. The van der Waals surface area contributed by atoms with Gasteiger partial charge in [0.2, 0.25) is 10.0 Å². The molecule has 0 amide bonds. The second kappa shape index (κ2) is 7.92. The Morgan fingerprint density at radius 1 is 1.25 bits per heavy atom. The van der Waals surface area contributed by atoms with Crippen LogP contribution in [0.3, 0.4) is 0 Å². The first-order chi connectivity index (χ1) is 11.6. The molecule has 24 heavy (non-hydrogen) atoms. The average Bonchev–Trinajstić information content (AvgIpc) is 3.07. The maximum atomic E-state index is 12.2. The topological polar surface area (TPSA) is 78.1 Å². The normalized spacial score (nSPS) is 19.4. The molecule has 6 nitrogen and oxygen atoms in total. The van der Waals surface area contributed by atoms with E-state index in [1.54, 1.807) is 6.20 Å². The maximum absolute atomic E-state index is 12.2. The highest BCUT2D eigenvalue weighted by Gasteiger charge is 2.22. The Morgan fingerprint density at radius 2 is 2.08 bits per heavy atom. The van der Waals surface area contributed by atoms with Crippen molar-refractivity contribution in [2.45, 2.75) is 25.1 Å². The van der Waals surface area contributed by atoms with Gasteiger partial charge < -0.3 is 0 Å². The largest absolute Gasteiger partial charge is 0.297 e. The number of rotatable bonds is 7. The molecule has 1 fully saturated rings. The van der Waals surface area contributed by atoms with Crippen molar-refractivity contribution in [3.8, 4) is 0 Å². The van der Waals surface area contributed by atoms with Crippen molar-refractivity contribution in [3.05, 3.63) is 53.9 Å². The minimum atomic E-state index is -3.29. The van der Waals surface area contributed by atoms with E-state index < -0.39 is 10.0 Å². The van der Waals surface area contributed by atoms with Crippen LogP contribution in [-0.4, -0.2) is 43.1 Å². The van der Waals surface area contributed by atoms with Gasteiger partial charge in [0.05, 0.1) is 5.75 Å². The Balaban J connectivity index is 1.48. The predicted octanol–water partition coefficient (Wildman–Crippen LogP) is 1.74. The van der Waals surface area contributed by atoms with E-state index in [0.29, 0.717) is 12.5 Å². The van der Waals surface area contributed by atoms with Crippen LogP contribution >= 0.6 is 0 Å². The molecule has 0 aliphatic carbocycles. The van der Waals surface area contributed by atoms with Crippen LogP contribution in [0.25, 0.3) is 0 Å². The quantitative estimate of drug-likeness (QED) is 0.799. The zero-order valence-electron chi connectivity index (χ0n) is 13.7. The molecule has 0 bridgehead atoms. The molecule has 1 atom stereocenters. The van der Waals surface area contributed by atoms with E-state index in [9.17, 15) is 8.42 Å². The van der Waals surface area contributed by atoms with Crippen LogP contribution < -0.4 is 4.72 Å². The highest BCUT2D eigenvalue weighted by Crippen LogP contribution is 2.18. The van der Waals surface area contributed by atoms with Gasteiger partial charge >= 0.3 is 0 Å². The van der Waals surface area contributed by atoms with E-state index in [0.717, 1.165) is 43.7 Å². The van der Waals surface area contributed by atoms with Crippen LogP contribution in [0.15, 0.2) is 42.6 Å². The number of likely N-dealkylation sites (tertiary alicyclic amines) is 1. The Morgan fingerprint density at radius 3 is 2.83 bits per heavy atom. The van der Waals surface area contributed by atoms with Gasteiger partial charge in [-0.2, -0.15) is 5.10 Å². The first-order valence-corrected chi connectivity index (χ1v) is 9.98. The molecule has 0 radical (unpaired) electrons. The highest BCUT2D eigenvalue weighted by molar-refractivity contribution is 7.88. The van der Waals surface area contributed by atoms with Gasteiger partial charge in [0.1, 0.15) is 0 Å². The van der Waals surface area contributed by atoms with Gasteiger partial charge in [-0.25, -0.2) is 13.1 Å². The van der Waals surface area contributed by atoms with Crippen molar-refractivity contribution in [1.82, 2.24) is 19.8 Å². The van der Waals surface area contributed by atoms with Crippen molar-refractivity contribution in [1.29, 1.82) is 0 Å². The molecule has 1 saturated heterocycles. The molecule has 2 aromatic rings. The van der Waals surface area contributed by atoms with E-state index in [-0.39, 0.29) is 5.75 Å². The lowest BCUT2D eigenvalue weighted by Crippen LogP contribution is -2.40. The molecular formula is C17H24N4O2S. The minimum absolute atomic E-state index is 0.0401. The fraction of sp³-hybridized carbons (Fsp3) is 0.471. The zero-order valence-corrected chi connectivity index (χ0v) is 14.5. The minimum Gasteiger partial charge on any atom is -0.297 e. The van der Waals surface area contributed by atoms with Crippen molar-refractivity contribution in [2.24, 2.45) is 5.92 Å². The average molecular weight is 348 g/mol. The number of hydrogen-bond acceptors (Lipinski definition) is 4. The molecule has 1 aliphatic rings. The van der Waals surface area contributed by atoms with Gasteiger partial charge in [-0.15, -0.1) is 0 Å². The number of sulfonamides is 1. The number of piperidine rings is 1. The van der Waals surface area contributed by atoms with Crippen molar-refractivity contribution >= 4 is 10.0 Å². The molecule has 2 N–H and O–H groups in total. The fourth-order valence-corrected chi connectivity index (χ4v) is 4.39. The third-order valence-electron chi connectivity index (χ3n) is 4.35. The third-order valence-corrected chi connectivity index (χ3v) is 5.67. The number of benzene rings is 1. The van der Waals surface area contributed by atoms with Crippen LogP contribution in [0.5, 0.6) is 0 Å². The summed E-state index contributed by atoms with van der Waals surface area (Å²) in [5.41, 5.74) is 1.91. The number of hydrogen-bond donors (Lipinski definition) is 2. The summed E-state index contributed by atoms with van der Waals surface area (Å²) in [4.78, 5) is 2.35. The smallest absolute Gasteiger partial charge is 0.215 e. The van der Waals surface area contributed by atoms with Crippen LogP contribution in [0.1, 0.15) is 24.1 Å². The molecule has 3 rings (SSSR count). The van der Waals surface area contributed by atoms with Crippen LogP contribution in [0.4, 0.5) is 0 Å². The van der Waals surface area contributed by atoms with Crippen molar-refractivity contribution < 1.29 is 8.42 Å². The van der Waals surface area contributed by atoms with Gasteiger partial charge in [0.25, 0.3) is 0 Å². The Labute approximate surface area is 143 Å². The highest BCUT2D eigenvalue weighted by atomic mass is 32.2. The molecule has 1 aromatic carbocycles. The molecule has 1 aliphatic heterocycles. The summed E-state index contributed by atoms with van der Waals surface area (Å²) < 4.78 is 27.3. The van der Waals surface area contributed by atoms with Crippen LogP contribution in [0.2, 0.25) is 0 Å². The van der Waals surface area contributed by atoms with Crippen LogP contribution in [-0.2, 0) is 22.3 Å². The SMILES string of the molecule is O=S(=O)(Cc1ccccc1)NCC1CCCN(Cc2ccn[nH]2)C1. The summed E-state index contributed by atoms with van der Waals surface area (Å²) in [6.07, 6.45) is 3.92. The molecule has 130 valence electrons. The molecule has 0 spiro atoms. The van der Waals surface area contributed by atoms with Crippen LogP contribution in [0, 0.1) is 5.92 Å². The van der Waals surface area contributed by atoms with Gasteiger partial charge in [0, 0.05) is 31.5 Å². The first kappa shape index (κ1) is 17.1. The van der Waals surface area contributed by atoms with E-state index in [1.165, 1.54) is 0 Å². The van der Waals surface area contributed by atoms with E-state index >= 15 is 0 Å². The molecule has 7 heteroatoms. The molecule has 1 aromatic heterocycles. The molecular weight excluding hydrogens is 324 g/mol. The van der Waals surface area contributed by atoms with E-state index in [1.807, 2.05) is 36.4 Å². The number of aromatic nitrogens is 2. The number of nitrogens with zero attached hydrogens (tertiary/aromatic N) is 2. The van der Waals surface area contributed by atoms with Gasteiger partial charge in [-0.3, -0.25) is 10.00 Å². The third kappa shape index (κ3) is 5.15. The van der Waals surface area contributed by atoms with Gasteiger partial charge in [-0.1, -0.05) is 30.3 Å². The monoisotopic (exact) mass is 348 g/mol. The second-order valence-corrected chi connectivity index (χ2v) is 8.23. The molecule has 1 unspecified atom stereocenters. The first-order valence-electron chi connectivity index (χ1n) is 8.32. The summed E-state index contributed by atoms with van der Waals surface area (Å²) in [5, 5.41) is 6.95.